The topological polar surface area (TPSA) is 64.4 Å². The molecule has 0 spiro atoms. The quantitative estimate of drug-likeness (QED) is 0.938. The normalized spacial score (nSPS) is 12.9. The maximum atomic E-state index is 12.6. The average molecular weight is 290 g/mol. The highest BCUT2D eigenvalue weighted by atomic mass is 16.5. The van der Waals surface area contributed by atoms with Crippen molar-refractivity contribution >= 4 is 10.9 Å². The summed E-state index contributed by atoms with van der Waals surface area (Å²) < 4.78 is 7.01. The predicted octanol–water partition coefficient (Wildman–Crippen LogP) is 2.33. The van der Waals surface area contributed by atoms with E-state index in [0.717, 1.165) is 5.56 Å². The molecule has 0 saturated carbocycles. The van der Waals surface area contributed by atoms with Crippen molar-refractivity contribution in [2.24, 2.45) is 13.0 Å². The largest absolute Gasteiger partial charge is 0.464 e. The highest BCUT2D eigenvalue weighted by Gasteiger charge is 2.17. The molecule has 0 amide bonds. The zero-order chi connectivity index (χ0) is 15.7. The van der Waals surface area contributed by atoms with Gasteiger partial charge in [-0.25, -0.2) is 0 Å². The van der Waals surface area contributed by atoms with Crippen molar-refractivity contribution in [3.05, 3.63) is 33.6 Å². The first-order chi connectivity index (χ1) is 9.82. The number of aliphatic hydroxyl groups is 1. The van der Waals surface area contributed by atoms with Gasteiger partial charge in [0.1, 0.15) is 0 Å². The van der Waals surface area contributed by atoms with Crippen LogP contribution in [0.15, 0.2) is 16.9 Å². The van der Waals surface area contributed by atoms with Gasteiger partial charge in [-0.15, -0.1) is 0 Å². The van der Waals surface area contributed by atoms with Crippen molar-refractivity contribution in [3.8, 4) is 6.01 Å². The number of benzene rings is 1. The molecule has 2 rings (SSSR count). The number of aryl methyl sites for hydroxylation is 1. The second-order valence-electron chi connectivity index (χ2n) is 5.83. The standard InChI is InChI=1S/C16H22N2O3/c1-9(2)8-21-16-17-12-7-6-10(3)13(11(4)19)14(12)15(20)18(16)5/h6-7,9,11,19H,8H2,1-5H3. The summed E-state index contributed by atoms with van der Waals surface area (Å²) in [5, 5.41) is 10.4. The number of nitrogens with zero attached hydrogens (tertiary/aromatic N) is 2. The van der Waals surface area contributed by atoms with Crippen LogP contribution in [0.4, 0.5) is 0 Å². The van der Waals surface area contributed by atoms with Crippen LogP contribution in [0.3, 0.4) is 0 Å². The van der Waals surface area contributed by atoms with Crippen molar-refractivity contribution in [2.75, 3.05) is 6.61 Å². The van der Waals surface area contributed by atoms with E-state index in [2.05, 4.69) is 4.98 Å². The van der Waals surface area contributed by atoms with Gasteiger partial charge in [-0.05, 0) is 37.0 Å². The Hall–Kier alpha value is -1.88. The Morgan fingerprint density at radius 3 is 2.57 bits per heavy atom. The molecule has 1 N–H and O–H groups in total. The lowest BCUT2D eigenvalue weighted by atomic mass is 9.99. The summed E-state index contributed by atoms with van der Waals surface area (Å²) in [5.74, 6) is 0.351. The second kappa shape index (κ2) is 5.85. The van der Waals surface area contributed by atoms with E-state index in [9.17, 15) is 9.90 Å². The highest BCUT2D eigenvalue weighted by Crippen LogP contribution is 2.25. The number of ether oxygens (including phenoxy) is 1. The van der Waals surface area contributed by atoms with Crippen molar-refractivity contribution in [2.45, 2.75) is 33.8 Å². The smallest absolute Gasteiger partial charge is 0.299 e. The van der Waals surface area contributed by atoms with Crippen LogP contribution in [0.5, 0.6) is 6.01 Å². The van der Waals surface area contributed by atoms with Crippen molar-refractivity contribution < 1.29 is 9.84 Å². The van der Waals surface area contributed by atoms with Gasteiger partial charge in [-0.2, -0.15) is 4.98 Å². The van der Waals surface area contributed by atoms with E-state index in [4.69, 9.17) is 4.74 Å². The molecule has 5 nitrogen and oxygen atoms in total. The van der Waals surface area contributed by atoms with Crippen molar-refractivity contribution in [3.63, 3.8) is 0 Å². The molecule has 0 radical (unpaired) electrons. The third-order valence-electron chi connectivity index (χ3n) is 3.43. The van der Waals surface area contributed by atoms with Gasteiger partial charge < -0.3 is 9.84 Å². The summed E-state index contributed by atoms with van der Waals surface area (Å²) in [7, 11) is 1.64. The Labute approximate surface area is 124 Å². The zero-order valence-corrected chi connectivity index (χ0v) is 13.2. The molecular weight excluding hydrogens is 268 g/mol. The van der Waals surface area contributed by atoms with E-state index >= 15 is 0 Å². The summed E-state index contributed by atoms with van der Waals surface area (Å²) in [6.45, 7) is 8.11. The van der Waals surface area contributed by atoms with E-state index in [-0.39, 0.29) is 5.56 Å². The molecule has 0 fully saturated rings. The van der Waals surface area contributed by atoms with Crippen molar-refractivity contribution in [1.29, 1.82) is 0 Å². The fraction of sp³-hybridized carbons (Fsp3) is 0.500. The Bertz CT molecular complexity index is 718. The maximum absolute atomic E-state index is 12.6. The van der Waals surface area contributed by atoms with Crippen LogP contribution in [-0.4, -0.2) is 21.3 Å². The van der Waals surface area contributed by atoms with E-state index < -0.39 is 6.10 Å². The third kappa shape index (κ3) is 2.93. The molecule has 1 unspecified atom stereocenters. The second-order valence-corrected chi connectivity index (χ2v) is 5.83. The molecule has 1 atom stereocenters. The van der Waals surface area contributed by atoms with Crippen LogP contribution in [0.1, 0.15) is 38.0 Å². The number of hydrogen-bond donors (Lipinski definition) is 1. The molecule has 114 valence electrons. The number of hydrogen-bond acceptors (Lipinski definition) is 4. The lowest BCUT2D eigenvalue weighted by molar-refractivity contribution is 0.200. The number of aromatic nitrogens is 2. The zero-order valence-electron chi connectivity index (χ0n) is 13.2. The summed E-state index contributed by atoms with van der Waals surface area (Å²) in [6, 6.07) is 3.96. The SMILES string of the molecule is Cc1ccc2nc(OCC(C)C)n(C)c(=O)c2c1C(C)O. The predicted molar refractivity (Wildman–Crippen MR) is 82.7 cm³/mol. The minimum Gasteiger partial charge on any atom is -0.464 e. The van der Waals surface area contributed by atoms with E-state index in [1.54, 1.807) is 20.0 Å². The van der Waals surface area contributed by atoms with Gasteiger partial charge in [0, 0.05) is 7.05 Å². The summed E-state index contributed by atoms with van der Waals surface area (Å²) >= 11 is 0. The van der Waals surface area contributed by atoms with Gasteiger partial charge in [0.15, 0.2) is 0 Å². The average Bonchev–Trinajstić information content (AvgIpc) is 2.41. The van der Waals surface area contributed by atoms with Gasteiger partial charge >= 0.3 is 0 Å². The van der Waals surface area contributed by atoms with Crippen LogP contribution in [0.25, 0.3) is 10.9 Å². The van der Waals surface area contributed by atoms with E-state index in [1.807, 2.05) is 26.8 Å². The molecule has 0 bridgehead atoms. The lowest BCUT2D eigenvalue weighted by Gasteiger charge is -2.15. The summed E-state index contributed by atoms with van der Waals surface area (Å²) in [5.41, 5.74) is 1.87. The molecule has 5 heteroatoms. The Kier molecular flexibility index (Phi) is 4.32. The molecule has 2 aromatic rings. The monoisotopic (exact) mass is 290 g/mol. The Balaban J connectivity index is 2.69. The first kappa shape index (κ1) is 15.5. The highest BCUT2D eigenvalue weighted by molar-refractivity contribution is 5.83. The van der Waals surface area contributed by atoms with Gasteiger partial charge in [0.25, 0.3) is 11.6 Å². The molecule has 1 aromatic carbocycles. The maximum Gasteiger partial charge on any atom is 0.299 e. The van der Waals surface area contributed by atoms with Crippen LogP contribution >= 0.6 is 0 Å². The molecule has 21 heavy (non-hydrogen) atoms. The summed E-state index contributed by atoms with van der Waals surface area (Å²) in [6.07, 6.45) is -0.717. The minimum absolute atomic E-state index is 0.196. The van der Waals surface area contributed by atoms with Gasteiger partial charge in [0.05, 0.1) is 23.6 Å². The fourth-order valence-corrected chi connectivity index (χ4v) is 2.37. The number of aliphatic hydroxyl groups excluding tert-OH is 1. The summed E-state index contributed by atoms with van der Waals surface area (Å²) in [4.78, 5) is 17.0. The molecule has 0 aliphatic rings. The van der Waals surface area contributed by atoms with Crippen molar-refractivity contribution in [1.82, 2.24) is 9.55 Å². The van der Waals surface area contributed by atoms with E-state index in [0.29, 0.717) is 35.0 Å². The molecule has 1 heterocycles. The molecular formula is C16H22N2O3. The minimum atomic E-state index is -0.717. The molecule has 1 aromatic heterocycles. The van der Waals surface area contributed by atoms with Crippen LogP contribution in [-0.2, 0) is 7.05 Å². The fourth-order valence-electron chi connectivity index (χ4n) is 2.37. The van der Waals surface area contributed by atoms with Gasteiger partial charge in [0.2, 0.25) is 0 Å². The van der Waals surface area contributed by atoms with Gasteiger partial charge in [-0.3, -0.25) is 9.36 Å². The molecule has 0 aliphatic heterocycles. The Morgan fingerprint density at radius 1 is 1.33 bits per heavy atom. The van der Waals surface area contributed by atoms with Gasteiger partial charge in [-0.1, -0.05) is 19.9 Å². The molecule has 0 aliphatic carbocycles. The first-order valence-corrected chi connectivity index (χ1v) is 7.14. The van der Waals surface area contributed by atoms with E-state index in [1.165, 1.54) is 4.57 Å². The lowest BCUT2D eigenvalue weighted by Crippen LogP contribution is -2.23. The first-order valence-electron chi connectivity index (χ1n) is 7.14. The molecule has 0 saturated heterocycles. The number of rotatable bonds is 4. The number of fused-ring (bicyclic) bond motifs is 1. The van der Waals surface area contributed by atoms with Crippen LogP contribution < -0.4 is 10.3 Å². The third-order valence-corrected chi connectivity index (χ3v) is 3.43. The van der Waals surface area contributed by atoms with Crippen LogP contribution in [0.2, 0.25) is 0 Å². The van der Waals surface area contributed by atoms with Crippen LogP contribution in [0, 0.1) is 12.8 Å². The Morgan fingerprint density at radius 2 is 2.00 bits per heavy atom.